The number of hydrogen-bond acceptors (Lipinski definition) is 5. The summed E-state index contributed by atoms with van der Waals surface area (Å²) in [6, 6.07) is 4.26. The van der Waals surface area contributed by atoms with Crippen LogP contribution in [-0.2, 0) is 15.6 Å². The minimum Gasteiger partial charge on any atom is -0.378 e. The summed E-state index contributed by atoms with van der Waals surface area (Å²) < 4.78 is 23.0. The number of morpholine rings is 1. The summed E-state index contributed by atoms with van der Waals surface area (Å²) in [6.45, 7) is 8.97. The maximum atomic E-state index is 13.0. The number of ether oxygens (including phenoxy) is 1. The van der Waals surface area contributed by atoms with Crippen molar-refractivity contribution in [1.29, 1.82) is 0 Å². The number of aryl methyl sites for hydroxylation is 1. The summed E-state index contributed by atoms with van der Waals surface area (Å²) in [7, 11) is -2.62. The Morgan fingerprint density at radius 1 is 1.08 bits per heavy atom. The smallest absolute Gasteiger partial charge is 0.256 e. The third-order valence-electron chi connectivity index (χ3n) is 4.67. The third kappa shape index (κ3) is 5.17. The molecule has 140 valence electrons. The van der Waals surface area contributed by atoms with E-state index in [-0.39, 0.29) is 5.91 Å². The molecular formula is C17H27N3O4S. The number of benzene rings is 1. The number of rotatable bonds is 2. The average Bonchev–Trinajstić information content (AvgIpc) is 3.11. The number of anilines is 1. The maximum absolute atomic E-state index is 13.0. The third-order valence-corrected chi connectivity index (χ3v) is 4.67. The van der Waals surface area contributed by atoms with Gasteiger partial charge in [-0.25, -0.2) is 13.6 Å². The molecule has 0 radical (unpaired) electrons. The van der Waals surface area contributed by atoms with Gasteiger partial charge in [-0.1, -0.05) is 6.07 Å². The highest BCUT2D eigenvalue weighted by Crippen LogP contribution is 2.30. The summed E-state index contributed by atoms with van der Waals surface area (Å²) in [5.74, 6) is 0.168. The summed E-state index contributed by atoms with van der Waals surface area (Å²) in [5.41, 5.74) is 4.33. The van der Waals surface area contributed by atoms with Crippen LogP contribution < -0.4 is 10.0 Å². The fraction of sp³-hybridized carbons (Fsp3) is 0.588. The van der Waals surface area contributed by atoms with Crippen LogP contribution in [0.3, 0.4) is 0 Å². The van der Waals surface area contributed by atoms with Gasteiger partial charge in [0.05, 0.1) is 18.8 Å². The van der Waals surface area contributed by atoms with Gasteiger partial charge in [-0.15, -0.1) is 0 Å². The maximum Gasteiger partial charge on any atom is 0.256 e. The molecule has 0 aromatic heterocycles. The van der Waals surface area contributed by atoms with Crippen molar-refractivity contribution in [2.24, 2.45) is 5.14 Å². The Labute approximate surface area is 150 Å². The Kier molecular flexibility index (Phi) is 7.22. The van der Waals surface area contributed by atoms with Gasteiger partial charge in [-0.2, -0.15) is 0 Å². The van der Waals surface area contributed by atoms with E-state index in [2.05, 4.69) is 36.0 Å². The average molecular weight is 369 g/mol. The van der Waals surface area contributed by atoms with Gasteiger partial charge in [0.2, 0.25) is 0 Å². The van der Waals surface area contributed by atoms with Gasteiger partial charge in [0.1, 0.15) is 0 Å². The Morgan fingerprint density at radius 3 is 2.20 bits per heavy atom. The monoisotopic (exact) mass is 369 g/mol. The molecule has 1 aromatic carbocycles. The van der Waals surface area contributed by atoms with Crippen LogP contribution in [0.1, 0.15) is 34.3 Å². The predicted molar refractivity (Wildman–Crippen MR) is 98.6 cm³/mol. The van der Waals surface area contributed by atoms with Crippen LogP contribution in [0.5, 0.6) is 0 Å². The summed E-state index contributed by atoms with van der Waals surface area (Å²) in [4.78, 5) is 17.3. The first-order chi connectivity index (χ1) is 11.9. The van der Waals surface area contributed by atoms with E-state index in [9.17, 15) is 4.79 Å². The van der Waals surface area contributed by atoms with Gasteiger partial charge in [-0.3, -0.25) is 4.79 Å². The van der Waals surface area contributed by atoms with Crippen LogP contribution in [0.4, 0.5) is 5.69 Å². The van der Waals surface area contributed by atoms with Crippen molar-refractivity contribution in [2.75, 3.05) is 44.3 Å². The van der Waals surface area contributed by atoms with Crippen molar-refractivity contribution in [3.63, 3.8) is 0 Å². The van der Waals surface area contributed by atoms with Crippen LogP contribution in [0.25, 0.3) is 0 Å². The van der Waals surface area contributed by atoms with E-state index in [1.54, 1.807) is 0 Å². The number of nitrogens with zero attached hydrogens (tertiary/aromatic N) is 2. The highest BCUT2D eigenvalue weighted by Gasteiger charge is 2.26. The second-order valence-corrected chi connectivity index (χ2v) is 6.86. The first kappa shape index (κ1) is 19.7. The molecule has 0 aliphatic carbocycles. The molecule has 0 saturated carbocycles. The number of carbonyl (C=O) groups excluding carboxylic acids is 1. The number of amides is 1. The Bertz CT molecular complexity index is 671. The predicted octanol–water partition coefficient (Wildman–Crippen LogP) is 0.848. The first-order valence-corrected chi connectivity index (χ1v) is 9.77. The number of thiol groups is 1. The van der Waals surface area contributed by atoms with E-state index < -0.39 is 10.9 Å². The van der Waals surface area contributed by atoms with Crippen LogP contribution in [-0.4, -0.2) is 58.6 Å². The van der Waals surface area contributed by atoms with Crippen molar-refractivity contribution < 1.29 is 17.9 Å². The Morgan fingerprint density at radius 2 is 1.64 bits per heavy atom. The zero-order valence-corrected chi connectivity index (χ0v) is 15.8. The van der Waals surface area contributed by atoms with Crippen LogP contribution >= 0.6 is 0 Å². The molecule has 2 heterocycles. The largest absolute Gasteiger partial charge is 0.378 e. The number of hydrogen-bond donors (Lipinski definition) is 2. The lowest BCUT2D eigenvalue weighted by atomic mass is 9.99. The molecule has 8 heteroatoms. The molecule has 0 atom stereocenters. The van der Waals surface area contributed by atoms with Crippen molar-refractivity contribution in [2.45, 2.75) is 26.7 Å². The SMILES string of the molecule is Cc1ccc(N2CCCC2)c(C(=O)N2CCOCC2)c1C.N[SH](=O)=O. The minimum absolute atomic E-state index is 0.168. The quantitative estimate of drug-likeness (QED) is 0.754. The molecule has 1 aromatic rings. The van der Waals surface area contributed by atoms with Gasteiger partial charge >= 0.3 is 0 Å². The fourth-order valence-corrected chi connectivity index (χ4v) is 3.22. The lowest BCUT2D eigenvalue weighted by Gasteiger charge is -2.30. The molecule has 7 nitrogen and oxygen atoms in total. The highest BCUT2D eigenvalue weighted by molar-refractivity contribution is 7.69. The molecule has 3 rings (SSSR count). The molecule has 0 unspecified atom stereocenters. The fourth-order valence-electron chi connectivity index (χ4n) is 3.22. The standard InChI is InChI=1S/C17H24N2O2.H3NO2S/c1-13-5-6-15(18-7-3-4-8-18)16(14(13)2)17(20)19-9-11-21-12-10-19;1-4(2)3/h5-6H,3-4,7-12H2,1-2H3;4H,(H2,1,2,3). The van der Waals surface area contributed by atoms with E-state index in [0.717, 1.165) is 29.9 Å². The lowest BCUT2D eigenvalue weighted by Crippen LogP contribution is -2.41. The topological polar surface area (TPSA) is 92.9 Å². The van der Waals surface area contributed by atoms with Gasteiger partial charge in [-0.05, 0) is 43.9 Å². The summed E-state index contributed by atoms with van der Waals surface area (Å²) in [5, 5.41) is 4.06. The van der Waals surface area contributed by atoms with Crippen LogP contribution in [0.2, 0.25) is 0 Å². The number of carbonyl (C=O) groups is 1. The van der Waals surface area contributed by atoms with Crippen LogP contribution in [0.15, 0.2) is 12.1 Å². The normalized spacial score (nSPS) is 17.4. The van der Waals surface area contributed by atoms with E-state index in [4.69, 9.17) is 13.2 Å². The summed E-state index contributed by atoms with van der Waals surface area (Å²) in [6.07, 6.45) is 2.44. The molecule has 2 aliphatic heterocycles. The molecule has 0 bridgehead atoms. The summed E-state index contributed by atoms with van der Waals surface area (Å²) >= 11 is 0. The van der Waals surface area contributed by atoms with E-state index in [0.29, 0.717) is 26.3 Å². The molecule has 0 spiro atoms. The number of nitrogens with two attached hydrogens (primary N) is 1. The van der Waals surface area contributed by atoms with E-state index in [1.807, 2.05) is 4.90 Å². The molecular weight excluding hydrogens is 342 g/mol. The minimum atomic E-state index is -2.62. The van der Waals surface area contributed by atoms with E-state index in [1.165, 1.54) is 18.4 Å². The molecule has 1 amide bonds. The second kappa shape index (κ2) is 9.17. The van der Waals surface area contributed by atoms with Gasteiger partial charge in [0, 0.05) is 31.9 Å². The van der Waals surface area contributed by atoms with Crippen molar-refractivity contribution in [1.82, 2.24) is 4.90 Å². The highest BCUT2D eigenvalue weighted by atomic mass is 32.2. The zero-order valence-electron chi connectivity index (χ0n) is 14.9. The molecule has 2 fully saturated rings. The molecule has 2 saturated heterocycles. The Hall–Kier alpha value is -1.64. The van der Waals surface area contributed by atoms with Gasteiger partial charge < -0.3 is 14.5 Å². The van der Waals surface area contributed by atoms with Crippen LogP contribution in [0, 0.1) is 13.8 Å². The van der Waals surface area contributed by atoms with Crippen molar-refractivity contribution >= 4 is 22.5 Å². The molecule has 2 N–H and O–H groups in total. The van der Waals surface area contributed by atoms with Crippen molar-refractivity contribution in [3.05, 3.63) is 28.8 Å². The first-order valence-electron chi connectivity index (χ1n) is 8.53. The van der Waals surface area contributed by atoms with Crippen molar-refractivity contribution in [3.8, 4) is 0 Å². The molecule has 2 aliphatic rings. The van der Waals surface area contributed by atoms with Gasteiger partial charge in [0.25, 0.3) is 5.91 Å². The van der Waals surface area contributed by atoms with Gasteiger partial charge in [0.15, 0.2) is 10.9 Å². The second-order valence-electron chi connectivity index (χ2n) is 6.29. The zero-order chi connectivity index (χ0) is 18.4. The molecule has 25 heavy (non-hydrogen) atoms. The van der Waals surface area contributed by atoms with E-state index >= 15 is 0 Å². The Balaban J connectivity index is 0.000000511. The lowest BCUT2D eigenvalue weighted by molar-refractivity contribution is 0.0303.